The molecular weight excluding hydrogens is 200 g/mol. The van der Waals surface area contributed by atoms with Gasteiger partial charge in [-0.2, -0.15) is 0 Å². The minimum atomic E-state index is 0.858. The van der Waals surface area contributed by atoms with Crippen LogP contribution in [0, 0.1) is 13.8 Å². The minimum Gasteiger partial charge on any atom is -0.496 e. The molecule has 16 heavy (non-hydrogen) atoms. The molecule has 1 rings (SSSR count). The van der Waals surface area contributed by atoms with Crippen molar-refractivity contribution in [3.63, 3.8) is 0 Å². The topological polar surface area (TPSA) is 33.3 Å². The molecule has 0 spiro atoms. The first-order valence-electron chi connectivity index (χ1n) is 5.68. The third kappa shape index (κ3) is 3.51. The number of likely N-dealkylation sites (N-methyl/N-ethyl adjacent to an activating group) is 1. The van der Waals surface area contributed by atoms with E-state index in [1.165, 1.54) is 16.7 Å². The Morgan fingerprint density at radius 2 is 1.94 bits per heavy atom. The van der Waals surface area contributed by atoms with Crippen molar-refractivity contribution in [3.05, 3.63) is 28.8 Å². The van der Waals surface area contributed by atoms with Crippen LogP contribution in [0.5, 0.6) is 5.75 Å². The Morgan fingerprint density at radius 3 is 2.56 bits per heavy atom. The van der Waals surface area contributed by atoms with Crippen LogP contribution in [0.1, 0.15) is 16.7 Å². The van der Waals surface area contributed by atoms with Gasteiger partial charge in [0.05, 0.1) is 7.11 Å². The van der Waals surface area contributed by atoms with Crippen LogP contribution in [0.4, 0.5) is 0 Å². The van der Waals surface area contributed by atoms with Crippen molar-refractivity contribution < 1.29 is 4.74 Å². The summed E-state index contributed by atoms with van der Waals surface area (Å²) in [5.41, 5.74) is 3.78. The number of ether oxygens (including phenoxy) is 1. The second kappa shape index (κ2) is 6.51. The lowest BCUT2D eigenvalue weighted by Gasteiger charge is -2.13. The van der Waals surface area contributed by atoms with Gasteiger partial charge in [-0.1, -0.05) is 6.07 Å². The second-order valence-corrected chi connectivity index (χ2v) is 4.04. The predicted molar refractivity (Wildman–Crippen MR) is 68.1 cm³/mol. The zero-order valence-electron chi connectivity index (χ0n) is 10.7. The lowest BCUT2D eigenvalue weighted by atomic mass is 10.0. The Morgan fingerprint density at radius 1 is 1.19 bits per heavy atom. The highest BCUT2D eigenvalue weighted by atomic mass is 16.5. The molecule has 0 atom stereocenters. The smallest absolute Gasteiger partial charge is 0.123 e. The van der Waals surface area contributed by atoms with Gasteiger partial charge >= 0.3 is 0 Å². The Bertz CT molecular complexity index is 337. The highest BCUT2D eigenvalue weighted by molar-refractivity contribution is 5.42. The van der Waals surface area contributed by atoms with Gasteiger partial charge in [-0.25, -0.2) is 0 Å². The molecule has 0 aromatic heterocycles. The first kappa shape index (κ1) is 13.0. The molecule has 2 N–H and O–H groups in total. The molecule has 1 aromatic carbocycles. The van der Waals surface area contributed by atoms with E-state index in [1.54, 1.807) is 7.11 Å². The highest BCUT2D eigenvalue weighted by Gasteiger charge is 2.06. The molecule has 3 heteroatoms. The van der Waals surface area contributed by atoms with Crippen LogP contribution in [0.2, 0.25) is 0 Å². The van der Waals surface area contributed by atoms with Gasteiger partial charge in [0.1, 0.15) is 5.75 Å². The fourth-order valence-electron chi connectivity index (χ4n) is 1.79. The molecule has 0 aliphatic rings. The average Bonchev–Trinajstić information content (AvgIpc) is 2.26. The SMILES string of the molecule is CNCCNCc1c(C)cc(C)cc1OC. The summed E-state index contributed by atoms with van der Waals surface area (Å²) in [6.45, 7) is 7.02. The van der Waals surface area contributed by atoms with Gasteiger partial charge in [0, 0.05) is 25.2 Å². The molecule has 0 aliphatic carbocycles. The maximum absolute atomic E-state index is 5.41. The van der Waals surface area contributed by atoms with Crippen molar-refractivity contribution >= 4 is 0 Å². The first-order valence-corrected chi connectivity index (χ1v) is 5.68. The molecule has 0 saturated carbocycles. The molecule has 1 aromatic rings. The number of hydrogen-bond donors (Lipinski definition) is 2. The van der Waals surface area contributed by atoms with Crippen LogP contribution in [0.15, 0.2) is 12.1 Å². The fraction of sp³-hybridized carbons (Fsp3) is 0.538. The molecule has 0 bridgehead atoms. The molecule has 0 aliphatic heterocycles. The molecule has 0 amide bonds. The van der Waals surface area contributed by atoms with Crippen LogP contribution in [-0.2, 0) is 6.54 Å². The van der Waals surface area contributed by atoms with Crippen molar-refractivity contribution in [2.45, 2.75) is 20.4 Å². The Hall–Kier alpha value is -1.06. The third-order valence-electron chi connectivity index (χ3n) is 2.65. The quantitative estimate of drug-likeness (QED) is 0.718. The summed E-state index contributed by atoms with van der Waals surface area (Å²) in [6, 6.07) is 4.28. The van der Waals surface area contributed by atoms with E-state index in [4.69, 9.17) is 4.74 Å². The molecule has 90 valence electrons. The zero-order valence-corrected chi connectivity index (χ0v) is 10.7. The molecule has 0 fully saturated rings. The van der Waals surface area contributed by atoms with E-state index in [1.807, 2.05) is 7.05 Å². The summed E-state index contributed by atoms with van der Waals surface area (Å²) in [4.78, 5) is 0. The minimum absolute atomic E-state index is 0.858. The van der Waals surface area contributed by atoms with Crippen LogP contribution >= 0.6 is 0 Å². The van der Waals surface area contributed by atoms with E-state index in [0.717, 1.165) is 25.4 Å². The monoisotopic (exact) mass is 222 g/mol. The van der Waals surface area contributed by atoms with Crippen molar-refractivity contribution in [2.24, 2.45) is 0 Å². The van der Waals surface area contributed by atoms with E-state index >= 15 is 0 Å². The maximum Gasteiger partial charge on any atom is 0.123 e. The van der Waals surface area contributed by atoms with Crippen LogP contribution in [0.25, 0.3) is 0 Å². The normalized spacial score (nSPS) is 10.5. The Balaban J connectivity index is 2.70. The molecular formula is C13H22N2O. The van der Waals surface area contributed by atoms with E-state index < -0.39 is 0 Å². The van der Waals surface area contributed by atoms with Crippen molar-refractivity contribution in [2.75, 3.05) is 27.2 Å². The van der Waals surface area contributed by atoms with Gasteiger partial charge < -0.3 is 15.4 Å². The number of hydrogen-bond acceptors (Lipinski definition) is 3. The lowest BCUT2D eigenvalue weighted by molar-refractivity contribution is 0.407. The second-order valence-electron chi connectivity index (χ2n) is 4.04. The fourth-order valence-corrected chi connectivity index (χ4v) is 1.79. The molecule has 0 unspecified atom stereocenters. The number of aryl methyl sites for hydroxylation is 2. The third-order valence-corrected chi connectivity index (χ3v) is 2.65. The lowest BCUT2D eigenvalue weighted by Crippen LogP contribution is -2.24. The highest BCUT2D eigenvalue weighted by Crippen LogP contribution is 2.23. The Kier molecular flexibility index (Phi) is 5.29. The van der Waals surface area contributed by atoms with Gasteiger partial charge in [0.25, 0.3) is 0 Å². The Labute approximate surface area is 98.2 Å². The average molecular weight is 222 g/mol. The van der Waals surface area contributed by atoms with E-state index in [9.17, 15) is 0 Å². The number of benzene rings is 1. The summed E-state index contributed by atoms with van der Waals surface area (Å²) >= 11 is 0. The molecule has 0 heterocycles. The van der Waals surface area contributed by atoms with Crippen molar-refractivity contribution in [3.8, 4) is 5.75 Å². The van der Waals surface area contributed by atoms with Gasteiger partial charge in [-0.3, -0.25) is 0 Å². The summed E-state index contributed by atoms with van der Waals surface area (Å²) in [6.07, 6.45) is 0. The predicted octanol–water partition coefficient (Wildman–Crippen LogP) is 1.62. The van der Waals surface area contributed by atoms with Crippen LogP contribution in [-0.4, -0.2) is 27.2 Å². The van der Waals surface area contributed by atoms with E-state index in [-0.39, 0.29) is 0 Å². The van der Waals surface area contributed by atoms with Gasteiger partial charge in [0.2, 0.25) is 0 Å². The maximum atomic E-state index is 5.41. The summed E-state index contributed by atoms with van der Waals surface area (Å²) in [5, 5.41) is 6.51. The van der Waals surface area contributed by atoms with Crippen LogP contribution < -0.4 is 15.4 Å². The molecule has 0 radical (unpaired) electrons. The number of nitrogens with one attached hydrogen (secondary N) is 2. The molecule has 0 saturated heterocycles. The first-order chi connectivity index (χ1) is 7.69. The van der Waals surface area contributed by atoms with Crippen molar-refractivity contribution in [1.82, 2.24) is 10.6 Å². The number of methoxy groups -OCH3 is 1. The van der Waals surface area contributed by atoms with Gasteiger partial charge in [-0.15, -0.1) is 0 Å². The van der Waals surface area contributed by atoms with Gasteiger partial charge in [-0.05, 0) is 38.1 Å². The summed E-state index contributed by atoms with van der Waals surface area (Å²) in [7, 11) is 3.69. The zero-order chi connectivity index (χ0) is 12.0. The van der Waals surface area contributed by atoms with Crippen LogP contribution in [0.3, 0.4) is 0 Å². The molecule has 3 nitrogen and oxygen atoms in total. The standard InChI is InChI=1S/C13H22N2O/c1-10-7-11(2)12(13(8-10)16-4)9-15-6-5-14-3/h7-8,14-15H,5-6,9H2,1-4H3. The largest absolute Gasteiger partial charge is 0.496 e. The summed E-state index contributed by atoms with van der Waals surface area (Å²) < 4.78 is 5.41. The number of rotatable bonds is 6. The van der Waals surface area contributed by atoms with E-state index in [0.29, 0.717) is 0 Å². The van der Waals surface area contributed by atoms with Gasteiger partial charge in [0.15, 0.2) is 0 Å². The van der Waals surface area contributed by atoms with E-state index in [2.05, 4.69) is 36.6 Å². The summed E-state index contributed by atoms with van der Waals surface area (Å²) in [5.74, 6) is 0.981. The van der Waals surface area contributed by atoms with Crippen molar-refractivity contribution in [1.29, 1.82) is 0 Å².